The molecule has 0 atom stereocenters. The number of nitrogens with one attached hydrogen (secondary N) is 2. The van der Waals surface area contributed by atoms with Gasteiger partial charge in [-0.05, 0) is 81.8 Å². The van der Waals surface area contributed by atoms with Crippen molar-refractivity contribution in [3.05, 3.63) is 94.5 Å². The van der Waals surface area contributed by atoms with Gasteiger partial charge < -0.3 is 34.9 Å². The Balaban J connectivity index is 1.80. The summed E-state index contributed by atoms with van der Waals surface area (Å²) in [6.07, 6.45) is -1.09. The van der Waals surface area contributed by atoms with E-state index in [0.29, 0.717) is 45.5 Å². The third kappa shape index (κ3) is 9.07. The van der Waals surface area contributed by atoms with Crippen LogP contribution >= 0.6 is 11.6 Å². The molecule has 0 aliphatic carbocycles. The molecule has 0 bridgehead atoms. The number of hydrogen-bond acceptors (Lipinski definition) is 8. The van der Waals surface area contributed by atoms with E-state index < -0.39 is 23.4 Å². The van der Waals surface area contributed by atoms with Crippen LogP contribution in [0.1, 0.15) is 54.0 Å². The quantitative estimate of drug-likeness (QED) is 0.124. The maximum atomic E-state index is 13.6. The lowest BCUT2D eigenvalue weighted by Crippen LogP contribution is -2.48. The van der Waals surface area contributed by atoms with Gasteiger partial charge in [0.15, 0.2) is 12.6 Å². The van der Waals surface area contributed by atoms with Crippen LogP contribution in [0.4, 0.5) is 10.6 Å². The number of nitrogens with zero attached hydrogens (tertiary/aromatic N) is 3. The number of carbonyl (C=O) groups excluding carboxylic acids is 2. The standard InChI is InChI=1S/C37H38ClN5O7/c1-6-49-31-13-8-7-12-27(31)35(45)42-33-29(21-39)28(20-30(41-33)26-15-14-25(38)19-32(26)50-22-48-5)23-10-9-11-24(18-23)34(44)40-16-17-43(36(46)47)37(2,3)4/h7-15,18-20H,6,16-17,22H2,1-5H3,(H,40,44)(H,46,47)(H,41,42,45). The van der Waals surface area contributed by atoms with Gasteiger partial charge in [0.25, 0.3) is 11.8 Å². The molecule has 3 N–H and O–H groups in total. The number of pyridine rings is 1. The first-order valence-electron chi connectivity index (χ1n) is 15.7. The highest BCUT2D eigenvalue weighted by molar-refractivity contribution is 6.30. The molecule has 0 aliphatic rings. The summed E-state index contributed by atoms with van der Waals surface area (Å²) < 4.78 is 16.5. The molecular weight excluding hydrogens is 662 g/mol. The van der Waals surface area contributed by atoms with Crippen LogP contribution in [0.15, 0.2) is 72.8 Å². The van der Waals surface area contributed by atoms with Crippen LogP contribution in [0.2, 0.25) is 5.02 Å². The summed E-state index contributed by atoms with van der Waals surface area (Å²) in [6, 6.07) is 22.1. The van der Waals surface area contributed by atoms with Crippen molar-refractivity contribution >= 4 is 35.3 Å². The minimum atomic E-state index is -1.09. The number of amides is 3. The third-order valence-corrected chi connectivity index (χ3v) is 7.68. The van der Waals surface area contributed by atoms with Gasteiger partial charge in [0.05, 0.1) is 17.9 Å². The zero-order valence-electron chi connectivity index (χ0n) is 28.4. The number of rotatable bonds is 13. The Labute approximate surface area is 295 Å². The monoisotopic (exact) mass is 699 g/mol. The van der Waals surface area contributed by atoms with Crippen molar-refractivity contribution in [2.75, 3.05) is 38.9 Å². The molecule has 12 nitrogen and oxygen atoms in total. The predicted molar refractivity (Wildman–Crippen MR) is 190 cm³/mol. The molecule has 50 heavy (non-hydrogen) atoms. The van der Waals surface area contributed by atoms with E-state index in [4.69, 9.17) is 30.8 Å². The second-order valence-corrected chi connectivity index (χ2v) is 12.3. The first-order valence-corrected chi connectivity index (χ1v) is 16.0. The van der Waals surface area contributed by atoms with Gasteiger partial charge in [-0.3, -0.25) is 9.59 Å². The Morgan fingerprint density at radius 2 is 1.72 bits per heavy atom. The van der Waals surface area contributed by atoms with Crippen molar-refractivity contribution in [1.82, 2.24) is 15.2 Å². The Kier molecular flexibility index (Phi) is 12.4. The van der Waals surface area contributed by atoms with Crippen molar-refractivity contribution < 1.29 is 33.7 Å². The van der Waals surface area contributed by atoms with Crippen LogP contribution in [0.3, 0.4) is 0 Å². The SMILES string of the molecule is CCOc1ccccc1C(=O)Nc1nc(-c2ccc(Cl)cc2OCOC)cc(-c2cccc(C(=O)NCCN(C(=O)O)C(C)(C)C)c2)c1C#N. The van der Waals surface area contributed by atoms with Crippen LogP contribution in [-0.4, -0.2) is 72.0 Å². The Morgan fingerprint density at radius 1 is 0.960 bits per heavy atom. The Bertz CT molecular complexity index is 1920. The third-order valence-electron chi connectivity index (χ3n) is 7.44. The summed E-state index contributed by atoms with van der Waals surface area (Å²) in [6.45, 7) is 7.54. The molecule has 260 valence electrons. The van der Waals surface area contributed by atoms with E-state index in [-0.39, 0.29) is 42.4 Å². The summed E-state index contributed by atoms with van der Waals surface area (Å²) in [7, 11) is 1.48. The largest absolute Gasteiger partial charge is 0.493 e. The Morgan fingerprint density at radius 3 is 2.40 bits per heavy atom. The smallest absolute Gasteiger partial charge is 0.407 e. The maximum absolute atomic E-state index is 13.6. The van der Waals surface area contributed by atoms with Crippen LogP contribution in [0.5, 0.6) is 11.5 Å². The average Bonchev–Trinajstić information content (AvgIpc) is 3.08. The molecular formula is C37H38ClN5O7. The van der Waals surface area contributed by atoms with Crippen molar-refractivity contribution in [1.29, 1.82) is 5.26 Å². The zero-order valence-corrected chi connectivity index (χ0v) is 29.1. The molecule has 0 fully saturated rings. The number of halogens is 1. The second-order valence-electron chi connectivity index (χ2n) is 11.9. The Hall–Kier alpha value is -5.64. The fourth-order valence-corrected chi connectivity index (χ4v) is 5.27. The predicted octanol–water partition coefficient (Wildman–Crippen LogP) is 7.08. The van der Waals surface area contributed by atoms with Crippen molar-refractivity contribution in [2.24, 2.45) is 0 Å². The lowest BCUT2D eigenvalue weighted by atomic mass is 9.96. The van der Waals surface area contributed by atoms with Crippen LogP contribution in [-0.2, 0) is 4.74 Å². The van der Waals surface area contributed by atoms with Gasteiger partial charge in [0.1, 0.15) is 23.1 Å². The summed E-state index contributed by atoms with van der Waals surface area (Å²) in [4.78, 5) is 44.5. The van der Waals surface area contributed by atoms with Gasteiger partial charge in [-0.15, -0.1) is 0 Å². The van der Waals surface area contributed by atoms with Gasteiger partial charge >= 0.3 is 6.09 Å². The number of carbonyl (C=O) groups is 3. The summed E-state index contributed by atoms with van der Waals surface area (Å²) in [5, 5.41) is 26.0. The number of aromatic nitrogens is 1. The van der Waals surface area contributed by atoms with Gasteiger partial charge in [-0.1, -0.05) is 35.9 Å². The zero-order chi connectivity index (χ0) is 36.4. The van der Waals surface area contributed by atoms with Crippen molar-refractivity contribution in [3.8, 4) is 40.0 Å². The fraction of sp³-hybridized carbons (Fsp3) is 0.270. The van der Waals surface area contributed by atoms with E-state index in [1.165, 1.54) is 12.0 Å². The van der Waals surface area contributed by atoms with E-state index in [2.05, 4.69) is 16.7 Å². The van der Waals surface area contributed by atoms with Crippen LogP contribution in [0.25, 0.3) is 22.4 Å². The van der Waals surface area contributed by atoms with Gasteiger partial charge in [0.2, 0.25) is 0 Å². The highest BCUT2D eigenvalue weighted by Gasteiger charge is 2.26. The molecule has 4 aromatic rings. The van der Waals surface area contributed by atoms with Gasteiger partial charge in [-0.25, -0.2) is 9.78 Å². The molecule has 3 aromatic carbocycles. The molecule has 13 heteroatoms. The van der Waals surface area contributed by atoms with E-state index >= 15 is 0 Å². The normalized spacial score (nSPS) is 10.9. The second kappa shape index (κ2) is 16.6. The van der Waals surface area contributed by atoms with E-state index in [0.717, 1.165) is 0 Å². The van der Waals surface area contributed by atoms with Gasteiger partial charge in [-0.2, -0.15) is 5.26 Å². The van der Waals surface area contributed by atoms with Crippen LogP contribution < -0.4 is 20.1 Å². The highest BCUT2D eigenvalue weighted by atomic mass is 35.5. The van der Waals surface area contributed by atoms with E-state index in [1.54, 1.807) is 100 Å². The summed E-state index contributed by atoms with van der Waals surface area (Å²) in [5.74, 6) is -0.308. The molecule has 4 rings (SSSR count). The fourth-order valence-electron chi connectivity index (χ4n) is 5.10. The molecule has 0 spiro atoms. The topological polar surface area (TPSA) is 163 Å². The van der Waals surface area contributed by atoms with E-state index in [9.17, 15) is 24.8 Å². The lowest BCUT2D eigenvalue weighted by molar-refractivity contribution is 0.0515. The lowest BCUT2D eigenvalue weighted by Gasteiger charge is -2.33. The molecule has 0 radical (unpaired) electrons. The number of methoxy groups -OCH3 is 1. The number of carboxylic acid groups (broad SMARTS) is 1. The van der Waals surface area contributed by atoms with Crippen molar-refractivity contribution in [3.63, 3.8) is 0 Å². The van der Waals surface area contributed by atoms with E-state index in [1.807, 2.05) is 0 Å². The van der Waals surface area contributed by atoms with Crippen molar-refractivity contribution in [2.45, 2.75) is 33.2 Å². The number of ether oxygens (including phenoxy) is 3. The maximum Gasteiger partial charge on any atom is 0.407 e. The molecule has 1 aromatic heterocycles. The average molecular weight is 700 g/mol. The molecule has 0 saturated heterocycles. The molecule has 1 heterocycles. The number of nitriles is 1. The number of hydrogen-bond donors (Lipinski definition) is 3. The first kappa shape index (κ1) is 37.2. The first-order chi connectivity index (χ1) is 23.9. The molecule has 0 unspecified atom stereocenters. The minimum absolute atomic E-state index is 0.0326. The van der Waals surface area contributed by atoms with Gasteiger partial charge in [0, 0.05) is 47.5 Å². The molecule has 3 amide bonds. The molecule has 0 saturated carbocycles. The minimum Gasteiger partial charge on any atom is -0.493 e. The number of benzene rings is 3. The molecule has 0 aliphatic heterocycles. The number of para-hydroxylation sites is 1. The number of anilines is 1. The summed E-state index contributed by atoms with van der Waals surface area (Å²) >= 11 is 6.28. The van der Waals surface area contributed by atoms with Crippen LogP contribution in [0, 0.1) is 11.3 Å². The summed E-state index contributed by atoms with van der Waals surface area (Å²) in [5.41, 5.74) is 1.60. The highest BCUT2D eigenvalue weighted by Crippen LogP contribution is 2.38.